The highest BCUT2D eigenvalue weighted by atomic mass is 16.5. The SMILES string of the molecule is COc1ccc(C(O)C(=O)N2Cc3cnc(C)cc3C2)cc1. The highest BCUT2D eigenvalue weighted by molar-refractivity contribution is 5.82. The molecule has 5 heteroatoms. The molecule has 0 fully saturated rings. The molecule has 22 heavy (non-hydrogen) atoms. The van der Waals surface area contributed by atoms with Gasteiger partial charge in [-0.2, -0.15) is 0 Å². The fourth-order valence-corrected chi connectivity index (χ4v) is 2.66. The van der Waals surface area contributed by atoms with E-state index in [9.17, 15) is 9.90 Å². The van der Waals surface area contributed by atoms with Gasteiger partial charge in [0.25, 0.3) is 5.91 Å². The van der Waals surface area contributed by atoms with Crippen LogP contribution in [0.15, 0.2) is 36.5 Å². The molecule has 2 heterocycles. The Morgan fingerprint density at radius 1 is 1.27 bits per heavy atom. The molecule has 0 bridgehead atoms. The molecule has 5 nitrogen and oxygen atoms in total. The van der Waals surface area contributed by atoms with E-state index < -0.39 is 6.10 Å². The van der Waals surface area contributed by atoms with Crippen LogP contribution in [0, 0.1) is 6.92 Å². The predicted molar refractivity (Wildman–Crippen MR) is 81.2 cm³/mol. The number of aliphatic hydroxyl groups is 1. The number of amides is 1. The zero-order valence-electron chi connectivity index (χ0n) is 12.6. The van der Waals surface area contributed by atoms with E-state index in [0.717, 1.165) is 16.8 Å². The molecule has 1 aromatic carbocycles. The minimum absolute atomic E-state index is 0.293. The van der Waals surface area contributed by atoms with Crippen molar-refractivity contribution in [3.05, 3.63) is 58.9 Å². The van der Waals surface area contributed by atoms with Crippen LogP contribution in [0.2, 0.25) is 0 Å². The molecule has 1 amide bonds. The van der Waals surface area contributed by atoms with Gasteiger partial charge in [0.1, 0.15) is 5.75 Å². The topological polar surface area (TPSA) is 62.7 Å². The molecular formula is C17H18N2O3. The third-order valence-electron chi connectivity index (χ3n) is 3.92. The van der Waals surface area contributed by atoms with Crippen molar-refractivity contribution < 1.29 is 14.6 Å². The fraction of sp³-hybridized carbons (Fsp3) is 0.294. The summed E-state index contributed by atoms with van der Waals surface area (Å²) in [6.45, 7) is 2.94. The van der Waals surface area contributed by atoms with Gasteiger partial charge in [-0.05, 0) is 41.8 Å². The standard InChI is InChI=1S/C17H18N2O3/c1-11-7-13-9-19(10-14(13)8-18-11)17(21)16(20)12-3-5-15(22-2)6-4-12/h3-8,16,20H,9-10H2,1-2H3. The summed E-state index contributed by atoms with van der Waals surface area (Å²) in [5, 5.41) is 10.3. The molecule has 1 unspecified atom stereocenters. The first kappa shape index (κ1) is 14.5. The third-order valence-corrected chi connectivity index (χ3v) is 3.92. The van der Waals surface area contributed by atoms with Crippen molar-refractivity contribution in [3.63, 3.8) is 0 Å². The van der Waals surface area contributed by atoms with Crippen LogP contribution in [0.5, 0.6) is 5.75 Å². The lowest BCUT2D eigenvalue weighted by Gasteiger charge is -2.19. The molecule has 0 saturated carbocycles. The molecule has 0 saturated heterocycles. The number of nitrogens with zero attached hydrogens (tertiary/aromatic N) is 2. The van der Waals surface area contributed by atoms with Gasteiger partial charge in [0.05, 0.1) is 7.11 Å². The number of hydrogen-bond donors (Lipinski definition) is 1. The summed E-state index contributed by atoms with van der Waals surface area (Å²) in [5.41, 5.74) is 3.64. The normalized spacial score (nSPS) is 14.6. The van der Waals surface area contributed by atoms with E-state index in [1.807, 2.05) is 13.0 Å². The minimum atomic E-state index is -1.16. The number of aliphatic hydroxyl groups excluding tert-OH is 1. The average Bonchev–Trinajstić information content (AvgIpc) is 2.96. The number of aryl methyl sites for hydroxylation is 1. The van der Waals surface area contributed by atoms with Gasteiger partial charge in [-0.25, -0.2) is 0 Å². The summed E-state index contributed by atoms with van der Waals surface area (Å²) in [4.78, 5) is 18.4. The molecular weight excluding hydrogens is 280 g/mol. The van der Waals surface area contributed by atoms with Gasteiger partial charge < -0.3 is 14.7 Å². The molecule has 1 aliphatic heterocycles. The first-order valence-corrected chi connectivity index (χ1v) is 7.13. The van der Waals surface area contributed by atoms with Gasteiger partial charge >= 0.3 is 0 Å². The third kappa shape index (κ3) is 2.67. The van der Waals surface area contributed by atoms with Crippen molar-refractivity contribution in [2.75, 3.05) is 7.11 Å². The van der Waals surface area contributed by atoms with E-state index in [-0.39, 0.29) is 5.91 Å². The van der Waals surface area contributed by atoms with Gasteiger partial charge in [-0.1, -0.05) is 12.1 Å². The van der Waals surface area contributed by atoms with E-state index in [2.05, 4.69) is 4.98 Å². The Hall–Kier alpha value is -2.40. The predicted octanol–water partition coefficient (Wildman–Crippen LogP) is 1.97. The second-order valence-electron chi connectivity index (χ2n) is 5.46. The van der Waals surface area contributed by atoms with Crippen molar-refractivity contribution in [1.82, 2.24) is 9.88 Å². The fourth-order valence-electron chi connectivity index (χ4n) is 2.66. The Balaban J connectivity index is 1.74. The van der Waals surface area contributed by atoms with Gasteiger partial charge in [0, 0.05) is 25.0 Å². The molecule has 1 atom stereocenters. The number of rotatable bonds is 3. The van der Waals surface area contributed by atoms with Crippen molar-refractivity contribution in [1.29, 1.82) is 0 Å². The number of ether oxygens (including phenoxy) is 1. The van der Waals surface area contributed by atoms with Crippen LogP contribution in [-0.2, 0) is 17.9 Å². The van der Waals surface area contributed by atoms with Crippen LogP contribution in [-0.4, -0.2) is 28.0 Å². The zero-order valence-corrected chi connectivity index (χ0v) is 12.6. The number of hydrogen-bond acceptors (Lipinski definition) is 4. The Labute approximate surface area is 129 Å². The van der Waals surface area contributed by atoms with Crippen LogP contribution in [0.1, 0.15) is 28.5 Å². The van der Waals surface area contributed by atoms with Crippen LogP contribution in [0.3, 0.4) is 0 Å². The molecule has 0 radical (unpaired) electrons. The van der Waals surface area contributed by atoms with Crippen molar-refractivity contribution >= 4 is 5.91 Å². The molecule has 0 aliphatic carbocycles. The number of methoxy groups -OCH3 is 1. The van der Waals surface area contributed by atoms with Crippen LogP contribution >= 0.6 is 0 Å². The summed E-state index contributed by atoms with van der Waals surface area (Å²) in [6.07, 6.45) is 0.645. The van der Waals surface area contributed by atoms with Gasteiger partial charge in [0.2, 0.25) is 0 Å². The second-order valence-corrected chi connectivity index (χ2v) is 5.46. The van der Waals surface area contributed by atoms with Crippen LogP contribution in [0.4, 0.5) is 0 Å². The number of aromatic nitrogens is 1. The Kier molecular flexibility index (Phi) is 3.81. The molecule has 1 aliphatic rings. The summed E-state index contributed by atoms with van der Waals surface area (Å²) in [5.74, 6) is 0.401. The zero-order chi connectivity index (χ0) is 15.7. The maximum atomic E-state index is 12.5. The number of fused-ring (bicyclic) bond motifs is 1. The van der Waals surface area contributed by atoms with E-state index in [4.69, 9.17) is 4.74 Å². The molecule has 1 aromatic heterocycles. The maximum absolute atomic E-state index is 12.5. The minimum Gasteiger partial charge on any atom is -0.497 e. The summed E-state index contributed by atoms with van der Waals surface area (Å²) in [6, 6.07) is 8.87. The van der Waals surface area contributed by atoms with Crippen molar-refractivity contribution in [3.8, 4) is 5.75 Å². The highest BCUT2D eigenvalue weighted by Crippen LogP contribution is 2.26. The lowest BCUT2D eigenvalue weighted by atomic mass is 10.1. The van der Waals surface area contributed by atoms with E-state index in [0.29, 0.717) is 24.4 Å². The van der Waals surface area contributed by atoms with Crippen molar-refractivity contribution in [2.24, 2.45) is 0 Å². The Morgan fingerprint density at radius 3 is 2.64 bits per heavy atom. The highest BCUT2D eigenvalue weighted by Gasteiger charge is 2.29. The van der Waals surface area contributed by atoms with E-state index in [1.54, 1.807) is 42.5 Å². The summed E-state index contributed by atoms with van der Waals surface area (Å²) >= 11 is 0. The van der Waals surface area contributed by atoms with Gasteiger partial charge in [0.15, 0.2) is 6.10 Å². The average molecular weight is 298 g/mol. The summed E-state index contributed by atoms with van der Waals surface area (Å²) in [7, 11) is 1.58. The lowest BCUT2D eigenvalue weighted by molar-refractivity contribution is -0.141. The molecule has 3 rings (SSSR count). The quantitative estimate of drug-likeness (QED) is 0.941. The number of carbonyl (C=O) groups excluding carboxylic acids is 1. The van der Waals surface area contributed by atoms with Crippen molar-refractivity contribution in [2.45, 2.75) is 26.1 Å². The lowest BCUT2D eigenvalue weighted by Crippen LogP contribution is -2.30. The molecule has 1 N–H and O–H groups in total. The number of carbonyl (C=O) groups is 1. The molecule has 2 aromatic rings. The number of pyridine rings is 1. The van der Waals surface area contributed by atoms with Crippen LogP contribution < -0.4 is 4.74 Å². The largest absolute Gasteiger partial charge is 0.497 e. The van der Waals surface area contributed by atoms with Gasteiger partial charge in [-0.15, -0.1) is 0 Å². The van der Waals surface area contributed by atoms with Gasteiger partial charge in [-0.3, -0.25) is 9.78 Å². The number of benzene rings is 1. The molecule has 114 valence electrons. The smallest absolute Gasteiger partial charge is 0.256 e. The van der Waals surface area contributed by atoms with Crippen LogP contribution in [0.25, 0.3) is 0 Å². The Morgan fingerprint density at radius 2 is 1.95 bits per heavy atom. The first-order valence-electron chi connectivity index (χ1n) is 7.13. The molecule has 0 spiro atoms. The van der Waals surface area contributed by atoms with E-state index >= 15 is 0 Å². The monoisotopic (exact) mass is 298 g/mol. The summed E-state index contributed by atoms with van der Waals surface area (Å²) < 4.78 is 5.08. The second kappa shape index (κ2) is 5.77. The maximum Gasteiger partial charge on any atom is 0.256 e. The first-order chi connectivity index (χ1) is 10.6. The van der Waals surface area contributed by atoms with E-state index in [1.165, 1.54) is 0 Å². The Bertz CT molecular complexity index is 698.